The summed E-state index contributed by atoms with van der Waals surface area (Å²) in [4.78, 5) is 11.5. The van der Waals surface area contributed by atoms with E-state index in [0.29, 0.717) is 12.1 Å². The minimum atomic E-state index is -6.30. The van der Waals surface area contributed by atoms with Crippen LogP contribution in [0.4, 0.5) is 26.3 Å². The van der Waals surface area contributed by atoms with Gasteiger partial charge in [-0.05, 0) is 30.0 Å². The normalized spacial score (nSPS) is 14.4. The molecule has 1 aromatic carbocycles. The Morgan fingerprint density at radius 1 is 0.900 bits per heavy atom. The van der Waals surface area contributed by atoms with E-state index in [2.05, 4.69) is 8.37 Å². The third kappa shape index (κ3) is 6.38. The van der Waals surface area contributed by atoms with Crippen molar-refractivity contribution in [3.63, 3.8) is 0 Å². The average Bonchev–Trinajstić information content (AvgIpc) is 2.48. The minimum absolute atomic E-state index is 0.129. The van der Waals surface area contributed by atoms with E-state index in [1.54, 1.807) is 13.8 Å². The van der Waals surface area contributed by atoms with Crippen molar-refractivity contribution in [3.8, 4) is 11.5 Å². The standard InChI is InChI=1S/C14H14F6O8S2/c1-7(2)3-11(12(21)22)8-4-9(27-29(23,24)13(15,16)17)6-10(5-8)28-30(25,26)14(18,19)20/h4-7,11H,3H2,1-2H3,(H,21,22). The predicted molar refractivity (Wildman–Crippen MR) is 87.5 cm³/mol. The third-order valence-electron chi connectivity index (χ3n) is 3.29. The van der Waals surface area contributed by atoms with Gasteiger partial charge in [-0.25, -0.2) is 0 Å². The molecule has 0 fully saturated rings. The number of carboxylic acid groups (broad SMARTS) is 1. The zero-order chi connectivity index (χ0) is 23.7. The zero-order valence-corrected chi connectivity index (χ0v) is 16.6. The fourth-order valence-corrected chi connectivity index (χ4v) is 2.98. The molecule has 0 aliphatic carbocycles. The van der Waals surface area contributed by atoms with Crippen molar-refractivity contribution >= 4 is 26.2 Å². The van der Waals surface area contributed by atoms with Crippen molar-refractivity contribution in [2.45, 2.75) is 37.2 Å². The zero-order valence-electron chi connectivity index (χ0n) is 15.0. The minimum Gasteiger partial charge on any atom is -0.481 e. The summed E-state index contributed by atoms with van der Waals surface area (Å²) in [6.07, 6.45) is -0.184. The van der Waals surface area contributed by atoms with Crippen molar-refractivity contribution < 1.29 is 61.4 Å². The summed E-state index contributed by atoms with van der Waals surface area (Å²) in [6.45, 7) is 3.10. The molecular formula is C14H14F6O8S2. The maximum atomic E-state index is 12.5. The summed E-state index contributed by atoms with van der Waals surface area (Å²) in [5, 5.41) is 9.30. The molecule has 1 atom stereocenters. The van der Waals surface area contributed by atoms with Gasteiger partial charge < -0.3 is 13.5 Å². The number of alkyl halides is 6. The molecule has 1 N–H and O–H groups in total. The number of benzene rings is 1. The van der Waals surface area contributed by atoms with Crippen molar-refractivity contribution in [1.82, 2.24) is 0 Å². The summed E-state index contributed by atoms with van der Waals surface area (Å²) < 4.78 is 127. The molecule has 8 nitrogen and oxygen atoms in total. The second-order valence-electron chi connectivity index (χ2n) is 6.22. The van der Waals surface area contributed by atoms with Gasteiger partial charge >= 0.3 is 37.2 Å². The number of carboxylic acids is 1. The molecule has 0 aliphatic heterocycles. The fourth-order valence-electron chi connectivity index (χ4n) is 2.09. The van der Waals surface area contributed by atoms with E-state index in [0.717, 1.165) is 0 Å². The first-order valence-electron chi connectivity index (χ1n) is 7.66. The molecule has 0 spiro atoms. The molecule has 0 saturated carbocycles. The molecule has 1 aromatic rings. The lowest BCUT2D eigenvalue weighted by Crippen LogP contribution is -2.29. The van der Waals surface area contributed by atoms with Crippen LogP contribution in [0.25, 0.3) is 0 Å². The lowest BCUT2D eigenvalue weighted by molar-refractivity contribution is -0.139. The van der Waals surface area contributed by atoms with Crippen molar-refractivity contribution in [2.24, 2.45) is 5.92 Å². The second-order valence-corrected chi connectivity index (χ2v) is 9.30. The van der Waals surface area contributed by atoms with Gasteiger partial charge in [-0.1, -0.05) is 13.8 Å². The Balaban J connectivity index is 3.61. The maximum absolute atomic E-state index is 12.5. The molecule has 1 rings (SSSR count). The summed E-state index contributed by atoms with van der Waals surface area (Å²) >= 11 is 0. The van der Waals surface area contributed by atoms with E-state index in [1.165, 1.54) is 0 Å². The van der Waals surface area contributed by atoms with Gasteiger partial charge in [0.25, 0.3) is 0 Å². The Hall–Kier alpha value is -2.23. The van der Waals surface area contributed by atoms with E-state index in [1.807, 2.05) is 0 Å². The monoisotopic (exact) mass is 488 g/mol. The Morgan fingerprint density at radius 2 is 1.27 bits per heavy atom. The van der Waals surface area contributed by atoms with E-state index < -0.39 is 60.2 Å². The summed E-state index contributed by atoms with van der Waals surface area (Å²) in [5.74, 6) is -6.06. The lowest BCUT2D eigenvalue weighted by atomic mass is 9.90. The third-order valence-corrected chi connectivity index (χ3v) is 5.25. The highest BCUT2D eigenvalue weighted by Crippen LogP contribution is 2.36. The Kier molecular flexibility index (Phi) is 7.30. The molecular weight excluding hydrogens is 474 g/mol. The maximum Gasteiger partial charge on any atom is 0.534 e. The lowest BCUT2D eigenvalue weighted by Gasteiger charge is -2.18. The SMILES string of the molecule is CC(C)CC(C(=O)O)c1cc(OS(=O)(=O)C(F)(F)F)cc(OS(=O)(=O)C(F)(F)F)c1. The summed E-state index contributed by atoms with van der Waals surface area (Å²) in [6, 6.07) is 1.15. The van der Waals surface area contributed by atoms with Gasteiger partial charge in [-0.15, -0.1) is 0 Å². The topological polar surface area (TPSA) is 124 Å². The number of rotatable bonds is 8. The molecule has 30 heavy (non-hydrogen) atoms. The molecule has 0 amide bonds. The molecule has 0 bridgehead atoms. The van der Waals surface area contributed by atoms with Gasteiger partial charge in [0.05, 0.1) is 5.92 Å². The highest BCUT2D eigenvalue weighted by Gasteiger charge is 2.50. The van der Waals surface area contributed by atoms with Gasteiger partial charge in [-0.3, -0.25) is 4.79 Å². The molecule has 172 valence electrons. The quantitative estimate of drug-likeness (QED) is 0.336. The van der Waals surface area contributed by atoms with E-state index in [4.69, 9.17) is 0 Å². The second kappa shape index (κ2) is 8.49. The van der Waals surface area contributed by atoms with Crippen LogP contribution in [-0.2, 0) is 25.0 Å². The Labute approximate surface area is 166 Å². The van der Waals surface area contributed by atoms with E-state index >= 15 is 0 Å². The predicted octanol–water partition coefficient (Wildman–Crippen LogP) is 3.36. The van der Waals surface area contributed by atoms with E-state index in [9.17, 15) is 53.1 Å². The van der Waals surface area contributed by atoms with Crippen LogP contribution in [0.15, 0.2) is 18.2 Å². The first-order valence-corrected chi connectivity index (χ1v) is 10.5. The van der Waals surface area contributed by atoms with Crippen LogP contribution in [0.5, 0.6) is 11.5 Å². The number of aliphatic carboxylic acids is 1. The highest BCUT2D eigenvalue weighted by molar-refractivity contribution is 7.88. The van der Waals surface area contributed by atoms with Gasteiger partial charge in [0.15, 0.2) is 0 Å². The van der Waals surface area contributed by atoms with Crippen molar-refractivity contribution in [2.75, 3.05) is 0 Å². The van der Waals surface area contributed by atoms with Crippen LogP contribution in [0.3, 0.4) is 0 Å². The highest BCUT2D eigenvalue weighted by atomic mass is 32.2. The van der Waals surface area contributed by atoms with Crippen molar-refractivity contribution in [3.05, 3.63) is 23.8 Å². The van der Waals surface area contributed by atoms with Crippen LogP contribution in [0, 0.1) is 5.92 Å². The van der Waals surface area contributed by atoms with Gasteiger partial charge in [0.2, 0.25) is 0 Å². The van der Waals surface area contributed by atoms with E-state index in [-0.39, 0.29) is 18.4 Å². The number of hydrogen-bond donors (Lipinski definition) is 1. The van der Waals surface area contributed by atoms with Gasteiger partial charge in [0.1, 0.15) is 11.5 Å². The number of carbonyl (C=O) groups is 1. The molecule has 1 unspecified atom stereocenters. The van der Waals surface area contributed by atoms with Crippen LogP contribution < -0.4 is 8.37 Å². The number of halogens is 6. The summed E-state index contributed by atoms with van der Waals surface area (Å²) in [7, 11) is -12.6. The first-order chi connectivity index (χ1) is 13.3. The fraction of sp³-hybridized carbons (Fsp3) is 0.500. The van der Waals surface area contributed by atoms with Crippen LogP contribution in [0.1, 0.15) is 31.7 Å². The van der Waals surface area contributed by atoms with Gasteiger partial charge in [0, 0.05) is 6.07 Å². The molecule has 0 heterocycles. The van der Waals surface area contributed by atoms with Crippen LogP contribution >= 0.6 is 0 Å². The molecule has 0 aliphatic rings. The molecule has 0 radical (unpaired) electrons. The molecule has 0 aromatic heterocycles. The first kappa shape index (κ1) is 25.8. The van der Waals surface area contributed by atoms with Crippen LogP contribution in [0.2, 0.25) is 0 Å². The average molecular weight is 488 g/mol. The van der Waals surface area contributed by atoms with Gasteiger partial charge in [-0.2, -0.15) is 43.2 Å². The Bertz CT molecular complexity index is 932. The Morgan fingerprint density at radius 3 is 1.53 bits per heavy atom. The largest absolute Gasteiger partial charge is 0.534 e. The summed E-state index contributed by atoms with van der Waals surface area (Å²) in [5.41, 5.74) is -12.4. The van der Waals surface area contributed by atoms with Crippen LogP contribution in [-0.4, -0.2) is 38.9 Å². The smallest absolute Gasteiger partial charge is 0.481 e. The number of hydrogen-bond acceptors (Lipinski definition) is 7. The van der Waals surface area contributed by atoms with Crippen molar-refractivity contribution in [1.29, 1.82) is 0 Å². The molecule has 16 heteroatoms. The molecule has 0 saturated heterocycles.